The van der Waals surface area contributed by atoms with Gasteiger partial charge in [-0.05, 0) is 19.3 Å². The second kappa shape index (κ2) is 3.24. The Bertz CT molecular complexity index is 622. The Kier molecular flexibility index (Phi) is 1.76. The van der Waals surface area contributed by atoms with Crippen LogP contribution in [0, 0.1) is 0 Å². The molecule has 0 unspecified atom stereocenters. The third-order valence-electron chi connectivity index (χ3n) is 4.80. The van der Waals surface area contributed by atoms with Crippen LogP contribution in [0.25, 0.3) is 0 Å². The Hall–Kier alpha value is -1.86. The highest BCUT2D eigenvalue weighted by Gasteiger charge is 2.83. The first-order valence-corrected chi connectivity index (χ1v) is 7.30. The van der Waals surface area contributed by atoms with Crippen molar-refractivity contribution >= 4 is 0 Å². The minimum atomic E-state index is -0.757. The Morgan fingerprint density at radius 3 is 2.05 bits per heavy atom. The van der Waals surface area contributed by atoms with E-state index in [1.54, 1.807) is 0 Å². The van der Waals surface area contributed by atoms with Crippen LogP contribution >= 0.6 is 0 Å². The van der Waals surface area contributed by atoms with Crippen LogP contribution < -0.4 is 0 Å². The van der Waals surface area contributed by atoms with E-state index < -0.39 is 17.0 Å². The van der Waals surface area contributed by atoms with Gasteiger partial charge in [-0.25, -0.2) is 0 Å². The normalized spacial score (nSPS) is 32.8. The molecule has 8 heteroatoms. The fourth-order valence-electron chi connectivity index (χ4n) is 3.36. The van der Waals surface area contributed by atoms with E-state index >= 15 is 0 Å². The summed E-state index contributed by atoms with van der Waals surface area (Å²) in [6.45, 7) is 0. The van der Waals surface area contributed by atoms with Crippen molar-refractivity contribution in [2.24, 2.45) is 40.9 Å². The Balaban J connectivity index is 1.53. The third kappa shape index (κ3) is 1.13. The topological polar surface area (TPSA) is 98.9 Å². The zero-order chi connectivity index (χ0) is 13.3. The average Bonchev–Trinajstić information content (AvgIpc) is 3.21. The summed E-state index contributed by atoms with van der Waals surface area (Å²) >= 11 is 0. The monoisotopic (exact) mass is 270 g/mol. The van der Waals surface area contributed by atoms with E-state index in [2.05, 4.69) is 40.9 Å². The zero-order valence-corrected chi connectivity index (χ0v) is 11.0. The van der Waals surface area contributed by atoms with Crippen LogP contribution in [-0.2, 0) is 0 Å². The lowest BCUT2D eigenvalue weighted by molar-refractivity contribution is 0.307. The van der Waals surface area contributed by atoms with E-state index in [0.29, 0.717) is 0 Å². The summed E-state index contributed by atoms with van der Waals surface area (Å²) in [7, 11) is 0. The number of rotatable bonds is 0. The average molecular weight is 270 g/mol. The Labute approximate surface area is 115 Å². The predicted molar refractivity (Wildman–Crippen MR) is 67.0 cm³/mol. The number of azo groups is 1. The van der Waals surface area contributed by atoms with Gasteiger partial charge < -0.3 is 0 Å². The number of hydrogen-bond donors (Lipinski definition) is 0. The van der Waals surface area contributed by atoms with Gasteiger partial charge in [0.15, 0.2) is 0 Å². The smallest absolute Gasteiger partial charge is 0.154 e. The summed E-state index contributed by atoms with van der Waals surface area (Å²) in [4.78, 5) is 0. The molecule has 1 aliphatic carbocycles. The van der Waals surface area contributed by atoms with Gasteiger partial charge in [0.2, 0.25) is 5.66 Å². The number of nitrogens with zero attached hydrogens (tertiary/aromatic N) is 8. The molecule has 0 fully saturated rings. The zero-order valence-electron chi connectivity index (χ0n) is 11.0. The maximum Gasteiger partial charge on any atom is 0.292 e. The second-order valence-corrected chi connectivity index (χ2v) is 6.02. The second-order valence-electron chi connectivity index (χ2n) is 6.02. The number of allylic oxidation sites excluding steroid dienone is 1. The van der Waals surface area contributed by atoms with E-state index in [-0.39, 0.29) is 0 Å². The molecule has 0 atom stereocenters. The molecule has 0 saturated carbocycles. The summed E-state index contributed by atoms with van der Waals surface area (Å²) in [5.74, 6) is 0. The highest BCUT2D eigenvalue weighted by molar-refractivity contribution is 5.45. The molecule has 0 radical (unpaired) electrons. The molecule has 0 aromatic carbocycles. The van der Waals surface area contributed by atoms with Crippen LogP contribution in [-0.4, -0.2) is 17.0 Å². The summed E-state index contributed by atoms with van der Waals surface area (Å²) in [5.41, 5.74) is -0.159. The van der Waals surface area contributed by atoms with Crippen molar-refractivity contribution in [2.45, 2.75) is 61.9 Å². The standard InChI is InChI=1S/C12H14N8/c1-2-4-6-8-9(14-13-8)11(17-18-11)12(19-20-12)10(15-16-10)7-5-3-1/h1-7H2. The summed E-state index contributed by atoms with van der Waals surface area (Å²) in [6.07, 6.45) is 7.76. The van der Waals surface area contributed by atoms with Crippen LogP contribution in [0.5, 0.6) is 0 Å². The molecule has 0 amide bonds. The van der Waals surface area contributed by atoms with Gasteiger partial charge in [-0.2, -0.15) is 15.3 Å². The van der Waals surface area contributed by atoms with Crippen LogP contribution in [0.15, 0.2) is 52.3 Å². The van der Waals surface area contributed by atoms with Gasteiger partial charge in [0.25, 0.3) is 11.3 Å². The largest absolute Gasteiger partial charge is 0.292 e. The van der Waals surface area contributed by atoms with Gasteiger partial charge in [-0.1, -0.05) is 19.3 Å². The van der Waals surface area contributed by atoms with Gasteiger partial charge in [-0.3, -0.25) is 0 Å². The lowest BCUT2D eigenvalue weighted by Gasteiger charge is -2.26. The molecular formula is C12H14N8. The highest BCUT2D eigenvalue weighted by Crippen LogP contribution is 2.66. The van der Waals surface area contributed by atoms with Gasteiger partial charge in [0, 0.05) is 6.42 Å². The maximum absolute atomic E-state index is 4.28. The van der Waals surface area contributed by atoms with Crippen molar-refractivity contribution in [1.82, 2.24) is 0 Å². The van der Waals surface area contributed by atoms with Gasteiger partial charge in [-0.15, -0.1) is 25.6 Å². The van der Waals surface area contributed by atoms with Crippen molar-refractivity contribution in [1.29, 1.82) is 0 Å². The van der Waals surface area contributed by atoms with E-state index in [4.69, 9.17) is 0 Å². The summed E-state index contributed by atoms with van der Waals surface area (Å²) < 4.78 is 0. The Morgan fingerprint density at radius 2 is 1.45 bits per heavy atom. The molecule has 0 aromatic heterocycles. The molecule has 0 bridgehead atoms. The minimum Gasteiger partial charge on any atom is -0.154 e. The first-order valence-electron chi connectivity index (χ1n) is 7.30. The predicted octanol–water partition coefficient (Wildman–Crippen LogP) is 3.89. The lowest BCUT2D eigenvalue weighted by atomic mass is 9.82. The number of fused-ring (bicyclic) bond motifs is 3. The van der Waals surface area contributed by atoms with Gasteiger partial charge in [0.1, 0.15) is 5.70 Å². The first kappa shape index (κ1) is 10.9. The minimum absolute atomic E-state index is 0.529. The Morgan fingerprint density at radius 1 is 0.700 bits per heavy atom. The first-order chi connectivity index (χ1) is 9.82. The van der Waals surface area contributed by atoms with Gasteiger partial charge in [0.05, 0.1) is 5.70 Å². The molecule has 4 aliphatic heterocycles. The molecule has 0 N–H and O–H groups in total. The van der Waals surface area contributed by atoms with Crippen LogP contribution in [0.2, 0.25) is 0 Å². The van der Waals surface area contributed by atoms with Crippen LogP contribution in [0.4, 0.5) is 0 Å². The van der Waals surface area contributed by atoms with Crippen molar-refractivity contribution < 1.29 is 0 Å². The third-order valence-corrected chi connectivity index (χ3v) is 4.80. The lowest BCUT2D eigenvalue weighted by Crippen LogP contribution is -2.48. The molecule has 5 rings (SSSR count). The van der Waals surface area contributed by atoms with Crippen molar-refractivity contribution in [3.05, 3.63) is 11.4 Å². The van der Waals surface area contributed by atoms with Gasteiger partial charge >= 0.3 is 0 Å². The molecular weight excluding hydrogens is 256 g/mol. The summed E-state index contributed by atoms with van der Waals surface area (Å²) in [5, 5.41) is 34.0. The fourth-order valence-corrected chi connectivity index (χ4v) is 3.36. The molecule has 0 saturated heterocycles. The van der Waals surface area contributed by atoms with E-state index in [9.17, 15) is 0 Å². The van der Waals surface area contributed by atoms with Crippen LogP contribution in [0.3, 0.4) is 0 Å². The number of hydrogen-bond acceptors (Lipinski definition) is 8. The van der Waals surface area contributed by atoms with Crippen LogP contribution in [0.1, 0.15) is 44.9 Å². The van der Waals surface area contributed by atoms with Crippen molar-refractivity contribution in [3.63, 3.8) is 0 Å². The van der Waals surface area contributed by atoms with Crippen molar-refractivity contribution in [3.8, 4) is 0 Å². The maximum atomic E-state index is 4.28. The SMILES string of the molecule is C1CCCC2=C(N=N2)C2(N=N2)C2(N=N2)C2(CCC1)N=N2. The molecule has 8 nitrogen and oxygen atoms in total. The quantitative estimate of drug-likeness (QED) is 0.637. The molecule has 3 spiro atoms. The molecule has 20 heavy (non-hydrogen) atoms. The molecule has 0 aromatic rings. The molecule has 5 aliphatic rings. The highest BCUT2D eigenvalue weighted by atomic mass is 15.7. The summed E-state index contributed by atoms with van der Waals surface area (Å²) in [6, 6.07) is 0. The van der Waals surface area contributed by atoms with E-state index in [1.807, 2.05) is 0 Å². The van der Waals surface area contributed by atoms with E-state index in [0.717, 1.165) is 37.1 Å². The van der Waals surface area contributed by atoms with Crippen molar-refractivity contribution in [2.75, 3.05) is 0 Å². The fraction of sp³-hybridized carbons (Fsp3) is 0.833. The molecule has 102 valence electrons. The van der Waals surface area contributed by atoms with E-state index in [1.165, 1.54) is 19.3 Å². The molecule has 4 heterocycles.